The van der Waals surface area contributed by atoms with Crippen LogP contribution in [0, 0.1) is 0 Å². The van der Waals surface area contributed by atoms with E-state index in [1.807, 2.05) is 19.9 Å². The van der Waals surface area contributed by atoms with Crippen molar-refractivity contribution in [3.05, 3.63) is 63.6 Å². The Hall–Kier alpha value is -2.61. The Morgan fingerprint density at radius 2 is 1.81 bits per heavy atom. The molecule has 0 saturated heterocycles. The molecule has 31 heavy (non-hydrogen) atoms. The average molecular weight is 466 g/mol. The number of hydrazone groups is 1. The maximum atomic E-state index is 11.7. The van der Waals surface area contributed by atoms with Crippen molar-refractivity contribution in [3.63, 3.8) is 0 Å². The maximum absolute atomic E-state index is 11.7. The van der Waals surface area contributed by atoms with Gasteiger partial charge in [-0.2, -0.15) is 5.10 Å². The fourth-order valence-corrected chi connectivity index (χ4v) is 2.66. The second kappa shape index (κ2) is 12.9. The monoisotopic (exact) mass is 465 g/mol. The van der Waals surface area contributed by atoms with E-state index in [-0.39, 0.29) is 6.10 Å². The molecule has 0 spiro atoms. The highest BCUT2D eigenvalue weighted by molar-refractivity contribution is 6.42. The Bertz CT molecular complexity index is 902. The molecule has 0 aromatic heterocycles. The molecule has 0 heterocycles. The highest BCUT2D eigenvalue weighted by atomic mass is 35.5. The Labute approximate surface area is 191 Å². The summed E-state index contributed by atoms with van der Waals surface area (Å²) in [6, 6.07) is 12.4. The second-order valence-corrected chi connectivity index (χ2v) is 7.65. The molecule has 166 valence electrons. The first-order valence-electron chi connectivity index (χ1n) is 9.75. The minimum absolute atomic E-state index is 0.136. The van der Waals surface area contributed by atoms with Crippen molar-refractivity contribution in [2.24, 2.45) is 5.10 Å². The zero-order chi connectivity index (χ0) is 22.6. The third-order valence-electron chi connectivity index (χ3n) is 3.91. The van der Waals surface area contributed by atoms with E-state index in [1.54, 1.807) is 36.4 Å². The van der Waals surface area contributed by atoms with E-state index in [0.717, 1.165) is 11.1 Å². The number of carbonyl (C=O) groups is 2. The van der Waals surface area contributed by atoms with Crippen molar-refractivity contribution in [2.45, 2.75) is 33.0 Å². The molecular formula is C22H25Cl2N3O4. The van der Waals surface area contributed by atoms with Gasteiger partial charge in [0, 0.05) is 13.2 Å². The topological polar surface area (TPSA) is 89.0 Å². The van der Waals surface area contributed by atoms with Gasteiger partial charge in [-0.3, -0.25) is 9.59 Å². The van der Waals surface area contributed by atoms with Crippen LogP contribution in [0.2, 0.25) is 10.0 Å². The van der Waals surface area contributed by atoms with Gasteiger partial charge >= 0.3 is 11.8 Å². The molecule has 0 aliphatic rings. The van der Waals surface area contributed by atoms with Gasteiger partial charge in [0.05, 0.1) is 22.4 Å². The first-order chi connectivity index (χ1) is 14.8. The molecular weight excluding hydrogens is 441 g/mol. The summed E-state index contributed by atoms with van der Waals surface area (Å²) in [6.45, 7) is 5.08. The molecule has 2 aromatic rings. The smallest absolute Gasteiger partial charge is 0.329 e. The fraction of sp³-hybridized carbons (Fsp3) is 0.318. The van der Waals surface area contributed by atoms with E-state index in [4.69, 9.17) is 32.7 Å². The number of amides is 2. The van der Waals surface area contributed by atoms with Crippen molar-refractivity contribution in [2.75, 3.05) is 13.2 Å². The molecule has 7 nitrogen and oxygen atoms in total. The molecule has 2 aromatic carbocycles. The quantitative estimate of drug-likeness (QED) is 0.240. The molecule has 0 bridgehead atoms. The van der Waals surface area contributed by atoms with Crippen molar-refractivity contribution in [3.8, 4) is 5.75 Å². The molecule has 2 N–H and O–H groups in total. The van der Waals surface area contributed by atoms with Crippen molar-refractivity contribution < 1.29 is 19.1 Å². The van der Waals surface area contributed by atoms with Crippen LogP contribution in [0.15, 0.2) is 47.6 Å². The fourth-order valence-electron chi connectivity index (χ4n) is 2.34. The number of benzene rings is 2. The van der Waals surface area contributed by atoms with Crippen LogP contribution >= 0.6 is 23.2 Å². The van der Waals surface area contributed by atoms with Gasteiger partial charge in [-0.05, 0) is 67.8 Å². The normalized spacial score (nSPS) is 11.0. The van der Waals surface area contributed by atoms with Gasteiger partial charge < -0.3 is 14.8 Å². The van der Waals surface area contributed by atoms with Crippen molar-refractivity contribution in [1.82, 2.24) is 10.7 Å². The number of rotatable bonds is 10. The number of hydrogen-bond donors (Lipinski definition) is 2. The van der Waals surface area contributed by atoms with Crippen molar-refractivity contribution >= 4 is 41.2 Å². The molecule has 0 aliphatic carbocycles. The summed E-state index contributed by atoms with van der Waals surface area (Å²) in [5.41, 5.74) is 3.82. The van der Waals surface area contributed by atoms with Gasteiger partial charge in [0.2, 0.25) is 0 Å². The second-order valence-electron chi connectivity index (χ2n) is 6.83. The van der Waals surface area contributed by atoms with E-state index in [1.165, 1.54) is 6.21 Å². The van der Waals surface area contributed by atoms with Crippen molar-refractivity contribution in [1.29, 1.82) is 0 Å². The van der Waals surface area contributed by atoms with Crippen LogP contribution in [0.3, 0.4) is 0 Å². The van der Waals surface area contributed by atoms with Crippen LogP contribution in [0.25, 0.3) is 0 Å². The first-order valence-corrected chi connectivity index (χ1v) is 10.5. The number of carbonyl (C=O) groups excluding carboxylic acids is 2. The molecule has 0 fully saturated rings. The van der Waals surface area contributed by atoms with Gasteiger partial charge in [0.15, 0.2) is 0 Å². The van der Waals surface area contributed by atoms with Gasteiger partial charge in [0.1, 0.15) is 12.4 Å². The Morgan fingerprint density at radius 3 is 2.48 bits per heavy atom. The number of ether oxygens (including phenoxy) is 2. The van der Waals surface area contributed by atoms with E-state index in [9.17, 15) is 9.59 Å². The predicted molar refractivity (Wildman–Crippen MR) is 122 cm³/mol. The molecule has 0 saturated carbocycles. The number of nitrogens with one attached hydrogen (secondary N) is 2. The van der Waals surface area contributed by atoms with Crippen LogP contribution in [0.4, 0.5) is 0 Å². The lowest BCUT2D eigenvalue weighted by Gasteiger charge is -2.08. The Kier molecular flexibility index (Phi) is 10.3. The molecule has 9 heteroatoms. The summed E-state index contributed by atoms with van der Waals surface area (Å²) in [5.74, 6) is -0.913. The lowest BCUT2D eigenvalue weighted by Crippen LogP contribution is -2.38. The Morgan fingerprint density at radius 1 is 1.06 bits per heavy atom. The zero-order valence-corrected chi connectivity index (χ0v) is 18.9. The summed E-state index contributed by atoms with van der Waals surface area (Å²) < 4.78 is 11.1. The molecule has 2 rings (SSSR count). The van der Waals surface area contributed by atoms with E-state index >= 15 is 0 Å². The number of nitrogens with zero attached hydrogens (tertiary/aromatic N) is 1. The highest BCUT2D eigenvalue weighted by Gasteiger charge is 2.11. The summed E-state index contributed by atoms with van der Waals surface area (Å²) in [5, 5.41) is 7.27. The van der Waals surface area contributed by atoms with Gasteiger partial charge in [0.25, 0.3) is 0 Å². The Balaban J connectivity index is 1.72. The van der Waals surface area contributed by atoms with E-state index in [0.29, 0.717) is 42.0 Å². The van der Waals surface area contributed by atoms with Crippen LogP contribution in [0.5, 0.6) is 5.75 Å². The maximum Gasteiger partial charge on any atom is 0.329 e. The van der Waals surface area contributed by atoms with Gasteiger partial charge in [-0.15, -0.1) is 0 Å². The van der Waals surface area contributed by atoms with E-state index < -0.39 is 11.8 Å². The largest absolute Gasteiger partial charge is 0.489 e. The first kappa shape index (κ1) is 24.7. The zero-order valence-electron chi connectivity index (χ0n) is 17.4. The van der Waals surface area contributed by atoms with Crippen LogP contribution in [-0.4, -0.2) is 37.3 Å². The van der Waals surface area contributed by atoms with Gasteiger partial charge in [-0.25, -0.2) is 5.43 Å². The number of hydrogen-bond acceptors (Lipinski definition) is 5. The molecule has 0 unspecified atom stereocenters. The lowest BCUT2D eigenvalue weighted by atomic mass is 10.2. The van der Waals surface area contributed by atoms with Crippen LogP contribution < -0.4 is 15.5 Å². The molecule has 0 radical (unpaired) electrons. The summed E-state index contributed by atoms with van der Waals surface area (Å²) >= 11 is 11.9. The molecule has 2 amide bonds. The predicted octanol–water partition coefficient (Wildman–Crippen LogP) is 3.95. The van der Waals surface area contributed by atoms with Crippen LogP contribution in [-0.2, 0) is 20.9 Å². The minimum atomic E-state index is -0.831. The molecule has 0 atom stereocenters. The van der Waals surface area contributed by atoms with E-state index in [2.05, 4.69) is 15.8 Å². The van der Waals surface area contributed by atoms with Crippen LogP contribution in [0.1, 0.15) is 31.4 Å². The highest BCUT2D eigenvalue weighted by Crippen LogP contribution is 2.23. The average Bonchev–Trinajstić information content (AvgIpc) is 2.74. The summed E-state index contributed by atoms with van der Waals surface area (Å²) in [4.78, 5) is 23.4. The summed E-state index contributed by atoms with van der Waals surface area (Å²) in [7, 11) is 0. The molecule has 0 aliphatic heterocycles. The minimum Gasteiger partial charge on any atom is -0.489 e. The third-order valence-corrected chi connectivity index (χ3v) is 4.65. The SMILES string of the molecule is CC(C)OCCCNC(=O)C(=O)N/N=C\c1ccc(OCc2ccc(Cl)c(Cl)c2)cc1. The number of halogens is 2. The summed E-state index contributed by atoms with van der Waals surface area (Å²) in [6.07, 6.45) is 2.20. The lowest BCUT2D eigenvalue weighted by molar-refractivity contribution is -0.139. The standard InChI is InChI=1S/C22H25Cl2N3O4/c1-15(2)30-11-3-10-25-21(28)22(29)27-26-13-16-4-7-18(8-5-16)31-14-17-6-9-19(23)20(24)12-17/h4-9,12-13,15H,3,10-11,14H2,1-2H3,(H,25,28)(H,27,29)/b26-13-. The third kappa shape index (κ3) is 9.38. The van der Waals surface area contributed by atoms with Gasteiger partial charge in [-0.1, -0.05) is 29.3 Å².